The van der Waals surface area contributed by atoms with Crippen molar-refractivity contribution in [1.29, 1.82) is 0 Å². The molecule has 23 heavy (non-hydrogen) atoms. The van der Waals surface area contributed by atoms with Gasteiger partial charge < -0.3 is 4.90 Å². The molecule has 0 aromatic heterocycles. The van der Waals surface area contributed by atoms with Crippen molar-refractivity contribution in [2.45, 2.75) is 44.9 Å². The first kappa shape index (κ1) is 15.7. The summed E-state index contributed by atoms with van der Waals surface area (Å²) in [6.45, 7) is 0.781. The number of fused-ring (bicyclic) bond motifs is 1. The number of rotatable bonds is 3. The zero-order valence-electron chi connectivity index (χ0n) is 13.4. The van der Waals surface area contributed by atoms with Crippen LogP contribution in [0.2, 0.25) is 0 Å². The van der Waals surface area contributed by atoms with Crippen LogP contribution in [0.4, 0.5) is 0 Å². The van der Waals surface area contributed by atoms with Gasteiger partial charge in [-0.25, -0.2) is 5.43 Å². The van der Waals surface area contributed by atoms with E-state index in [4.69, 9.17) is 0 Å². The molecule has 0 bridgehead atoms. The number of carbonyl (C=O) groups is 2. The van der Waals surface area contributed by atoms with E-state index in [0.29, 0.717) is 13.0 Å². The van der Waals surface area contributed by atoms with Crippen LogP contribution in [0.15, 0.2) is 29.4 Å². The summed E-state index contributed by atoms with van der Waals surface area (Å²) in [5.74, 6) is -0.135. The van der Waals surface area contributed by atoms with Gasteiger partial charge in [0.2, 0.25) is 5.91 Å². The Bertz CT molecular complexity index is 624. The lowest BCUT2D eigenvalue weighted by atomic mass is 9.90. The van der Waals surface area contributed by atoms with E-state index in [9.17, 15) is 9.59 Å². The Morgan fingerprint density at radius 2 is 1.96 bits per heavy atom. The Hall–Kier alpha value is -2.17. The van der Waals surface area contributed by atoms with E-state index in [1.807, 2.05) is 12.1 Å². The van der Waals surface area contributed by atoms with Crippen LogP contribution in [0, 0.1) is 0 Å². The molecule has 0 atom stereocenters. The predicted octanol–water partition coefficient (Wildman–Crippen LogP) is 2.25. The second-order valence-corrected chi connectivity index (χ2v) is 6.23. The van der Waals surface area contributed by atoms with Crippen LogP contribution in [-0.2, 0) is 16.0 Å². The SMILES string of the molecule is O=C(CN1CCCCCC1=O)N/N=C1/CCCc2ccccc21. The van der Waals surface area contributed by atoms with Crippen LogP contribution in [-0.4, -0.2) is 35.5 Å². The molecule has 2 amide bonds. The molecule has 1 aromatic carbocycles. The van der Waals surface area contributed by atoms with Crippen LogP contribution in [0.3, 0.4) is 0 Å². The highest BCUT2D eigenvalue weighted by Gasteiger charge is 2.19. The standard InChI is InChI=1S/C18H23N3O2/c22-17(13-21-12-5-1-2-11-18(21)23)20-19-16-10-6-8-14-7-3-4-9-15(14)16/h3-4,7,9H,1-2,5-6,8,10-13H2,(H,20,22)/b19-16-. The van der Waals surface area contributed by atoms with Crippen molar-refractivity contribution in [2.75, 3.05) is 13.1 Å². The van der Waals surface area contributed by atoms with Crippen molar-refractivity contribution >= 4 is 17.5 Å². The van der Waals surface area contributed by atoms with Gasteiger partial charge in [0.25, 0.3) is 5.91 Å². The van der Waals surface area contributed by atoms with Crippen molar-refractivity contribution in [3.05, 3.63) is 35.4 Å². The summed E-state index contributed by atoms with van der Waals surface area (Å²) in [4.78, 5) is 25.7. The monoisotopic (exact) mass is 313 g/mol. The molecule has 0 spiro atoms. The maximum Gasteiger partial charge on any atom is 0.259 e. The molecule has 1 saturated heterocycles. The van der Waals surface area contributed by atoms with Gasteiger partial charge in [-0.2, -0.15) is 5.10 Å². The minimum atomic E-state index is -0.212. The van der Waals surface area contributed by atoms with Crippen LogP contribution in [0.1, 0.15) is 49.7 Å². The molecule has 5 nitrogen and oxygen atoms in total. The summed E-state index contributed by atoms with van der Waals surface area (Å²) in [5, 5.41) is 4.32. The maximum atomic E-state index is 12.1. The summed E-state index contributed by atoms with van der Waals surface area (Å²) in [7, 11) is 0. The van der Waals surface area contributed by atoms with E-state index >= 15 is 0 Å². The van der Waals surface area contributed by atoms with Gasteiger partial charge in [-0.3, -0.25) is 9.59 Å². The molecule has 1 N–H and O–H groups in total. The molecule has 1 aliphatic carbocycles. The zero-order chi connectivity index (χ0) is 16.1. The van der Waals surface area contributed by atoms with Gasteiger partial charge in [0.05, 0.1) is 5.71 Å². The third kappa shape index (κ3) is 3.97. The lowest BCUT2D eigenvalue weighted by Crippen LogP contribution is -2.39. The van der Waals surface area contributed by atoms with Crippen LogP contribution in [0.5, 0.6) is 0 Å². The number of aryl methyl sites for hydroxylation is 1. The molecule has 3 rings (SSSR count). The van der Waals surface area contributed by atoms with Gasteiger partial charge in [-0.05, 0) is 37.7 Å². The summed E-state index contributed by atoms with van der Waals surface area (Å²) in [5.41, 5.74) is 5.99. The van der Waals surface area contributed by atoms with Crippen molar-refractivity contribution in [1.82, 2.24) is 10.3 Å². The number of amides is 2. The Balaban J connectivity index is 1.61. The normalized spacial score (nSPS) is 20.1. The maximum absolute atomic E-state index is 12.1. The Morgan fingerprint density at radius 1 is 1.09 bits per heavy atom. The van der Waals surface area contributed by atoms with Crippen molar-refractivity contribution in [2.24, 2.45) is 5.10 Å². The average molecular weight is 313 g/mol. The van der Waals surface area contributed by atoms with Crippen molar-refractivity contribution in [3.63, 3.8) is 0 Å². The Morgan fingerprint density at radius 3 is 2.87 bits per heavy atom. The molecule has 5 heteroatoms. The number of hydrazone groups is 1. The lowest BCUT2D eigenvalue weighted by Gasteiger charge is -2.20. The fourth-order valence-electron chi connectivity index (χ4n) is 3.26. The largest absolute Gasteiger partial charge is 0.333 e. The highest BCUT2D eigenvalue weighted by molar-refractivity contribution is 6.03. The summed E-state index contributed by atoms with van der Waals surface area (Å²) in [6, 6.07) is 8.20. The molecule has 2 aliphatic rings. The zero-order valence-corrected chi connectivity index (χ0v) is 13.4. The lowest BCUT2D eigenvalue weighted by molar-refractivity contribution is -0.135. The van der Waals surface area contributed by atoms with Crippen molar-refractivity contribution in [3.8, 4) is 0 Å². The first-order valence-corrected chi connectivity index (χ1v) is 8.45. The third-order valence-corrected chi connectivity index (χ3v) is 4.51. The minimum Gasteiger partial charge on any atom is -0.333 e. The molecule has 1 fully saturated rings. The van der Waals surface area contributed by atoms with Gasteiger partial charge in [0, 0.05) is 18.5 Å². The fourth-order valence-corrected chi connectivity index (χ4v) is 3.26. The highest BCUT2D eigenvalue weighted by Crippen LogP contribution is 2.21. The number of likely N-dealkylation sites (tertiary alicyclic amines) is 1. The van der Waals surface area contributed by atoms with Gasteiger partial charge in [-0.1, -0.05) is 30.7 Å². The van der Waals surface area contributed by atoms with E-state index < -0.39 is 0 Å². The third-order valence-electron chi connectivity index (χ3n) is 4.51. The van der Waals surface area contributed by atoms with E-state index in [-0.39, 0.29) is 18.4 Å². The first-order chi connectivity index (χ1) is 11.2. The summed E-state index contributed by atoms with van der Waals surface area (Å²) < 4.78 is 0. The van der Waals surface area contributed by atoms with E-state index in [0.717, 1.165) is 49.8 Å². The van der Waals surface area contributed by atoms with Crippen LogP contribution in [0.25, 0.3) is 0 Å². The molecular formula is C18H23N3O2. The molecule has 1 aromatic rings. The van der Waals surface area contributed by atoms with Crippen LogP contribution < -0.4 is 5.43 Å². The summed E-state index contributed by atoms with van der Waals surface area (Å²) in [6.07, 6.45) is 6.50. The Labute approximate surface area is 136 Å². The molecule has 0 saturated carbocycles. The van der Waals surface area contributed by atoms with Gasteiger partial charge in [-0.15, -0.1) is 0 Å². The second kappa shape index (κ2) is 7.40. The fraction of sp³-hybridized carbons (Fsp3) is 0.500. The second-order valence-electron chi connectivity index (χ2n) is 6.23. The van der Waals surface area contributed by atoms with Gasteiger partial charge in [0.15, 0.2) is 0 Å². The van der Waals surface area contributed by atoms with Gasteiger partial charge >= 0.3 is 0 Å². The number of carbonyl (C=O) groups excluding carboxylic acids is 2. The number of nitrogens with one attached hydrogen (secondary N) is 1. The molecule has 0 unspecified atom stereocenters. The predicted molar refractivity (Wildman–Crippen MR) is 89.1 cm³/mol. The molecule has 1 aliphatic heterocycles. The van der Waals surface area contributed by atoms with E-state index in [2.05, 4.69) is 22.7 Å². The van der Waals surface area contributed by atoms with Crippen LogP contribution >= 0.6 is 0 Å². The van der Waals surface area contributed by atoms with Gasteiger partial charge in [0.1, 0.15) is 6.54 Å². The topological polar surface area (TPSA) is 61.8 Å². The van der Waals surface area contributed by atoms with E-state index in [1.54, 1.807) is 4.90 Å². The molecule has 0 radical (unpaired) electrons. The Kier molecular flexibility index (Phi) is 5.05. The molecule has 1 heterocycles. The number of nitrogens with zero attached hydrogens (tertiary/aromatic N) is 2. The molecular weight excluding hydrogens is 290 g/mol. The smallest absolute Gasteiger partial charge is 0.259 e. The molecule has 122 valence electrons. The summed E-state index contributed by atoms with van der Waals surface area (Å²) >= 11 is 0. The van der Waals surface area contributed by atoms with Crippen molar-refractivity contribution < 1.29 is 9.59 Å². The minimum absolute atomic E-state index is 0.0771. The first-order valence-electron chi connectivity index (χ1n) is 8.45. The number of hydrogen-bond acceptors (Lipinski definition) is 3. The number of benzene rings is 1. The average Bonchev–Trinajstić information content (AvgIpc) is 2.77. The quantitative estimate of drug-likeness (QED) is 0.870. The number of hydrogen-bond donors (Lipinski definition) is 1. The van der Waals surface area contributed by atoms with E-state index in [1.165, 1.54) is 5.56 Å². The highest BCUT2D eigenvalue weighted by atomic mass is 16.2.